The first-order valence-electron chi connectivity index (χ1n) is 10.5. The van der Waals surface area contributed by atoms with Gasteiger partial charge in [-0.3, -0.25) is 10.2 Å². The smallest absolute Gasteiger partial charge is 0.507 e. The quantitative estimate of drug-likeness (QED) is 0.518. The van der Waals surface area contributed by atoms with Gasteiger partial charge < -0.3 is 14.9 Å². The van der Waals surface area contributed by atoms with Crippen LogP contribution in [0.1, 0.15) is 18.9 Å². The maximum absolute atomic E-state index is 12.9. The number of carboxylic acid groups (broad SMARTS) is 1. The summed E-state index contributed by atoms with van der Waals surface area (Å²) in [5, 5.41) is 29.2. The van der Waals surface area contributed by atoms with Crippen molar-refractivity contribution in [1.29, 1.82) is 0 Å². The molecular formula is C24H19F3N4O5. The van der Waals surface area contributed by atoms with Crippen molar-refractivity contribution in [3.05, 3.63) is 72.3 Å². The Kier molecular flexibility index (Phi) is 6.27. The highest BCUT2D eigenvalue weighted by Crippen LogP contribution is 2.35. The molecule has 186 valence electrons. The van der Waals surface area contributed by atoms with Crippen LogP contribution in [0.4, 0.5) is 18.9 Å². The van der Waals surface area contributed by atoms with Crippen molar-refractivity contribution >= 4 is 34.6 Å². The second-order valence-corrected chi connectivity index (χ2v) is 7.94. The van der Waals surface area contributed by atoms with Gasteiger partial charge >= 0.3 is 18.2 Å². The molecule has 0 saturated carbocycles. The number of phenols is 1. The Bertz CT molecular complexity index is 1330. The number of amides is 1. The lowest BCUT2D eigenvalue weighted by molar-refractivity contribution is -0.274. The van der Waals surface area contributed by atoms with Crippen LogP contribution in [0.2, 0.25) is 0 Å². The van der Waals surface area contributed by atoms with Gasteiger partial charge in [-0.15, -0.1) is 13.2 Å². The highest BCUT2D eigenvalue weighted by atomic mass is 19.4. The van der Waals surface area contributed by atoms with E-state index in [1.165, 1.54) is 37.3 Å². The number of phenolic OH excluding ortho intramolecular Hbond substituents is 1. The Balaban J connectivity index is 1.54. The Morgan fingerprint density at radius 1 is 1.19 bits per heavy atom. The normalized spacial score (nSPS) is 20.8. The number of aliphatic carboxylic acids is 1. The van der Waals surface area contributed by atoms with Crippen molar-refractivity contribution < 1.29 is 37.7 Å². The van der Waals surface area contributed by atoms with Gasteiger partial charge in [0.15, 0.2) is 11.3 Å². The Morgan fingerprint density at radius 2 is 1.89 bits per heavy atom. The fraction of sp³-hybridized carbons (Fsp3) is 0.167. The molecule has 2 aromatic rings. The maximum Gasteiger partial charge on any atom is 0.573 e. The molecule has 12 heteroatoms. The minimum Gasteiger partial charge on any atom is -0.507 e. The Morgan fingerprint density at radius 3 is 2.53 bits per heavy atom. The summed E-state index contributed by atoms with van der Waals surface area (Å²) in [6, 6.07) is 11.0. The second-order valence-electron chi connectivity index (χ2n) is 7.94. The first-order valence-corrected chi connectivity index (χ1v) is 10.5. The third-order valence-electron chi connectivity index (χ3n) is 5.45. The molecular weight excluding hydrogens is 481 g/mol. The van der Waals surface area contributed by atoms with E-state index in [2.05, 4.69) is 20.4 Å². The van der Waals surface area contributed by atoms with Gasteiger partial charge in [-0.25, -0.2) is 4.79 Å². The van der Waals surface area contributed by atoms with Gasteiger partial charge in [0.2, 0.25) is 0 Å². The zero-order chi connectivity index (χ0) is 26.1. The molecule has 36 heavy (non-hydrogen) atoms. The number of aromatic hydroxyl groups is 1. The van der Waals surface area contributed by atoms with E-state index in [0.29, 0.717) is 11.1 Å². The predicted molar refractivity (Wildman–Crippen MR) is 124 cm³/mol. The van der Waals surface area contributed by atoms with Gasteiger partial charge in [0.25, 0.3) is 0 Å². The molecule has 9 nitrogen and oxygen atoms in total. The van der Waals surface area contributed by atoms with Crippen molar-refractivity contribution in [1.82, 2.24) is 5.43 Å². The number of anilines is 1. The van der Waals surface area contributed by atoms with Gasteiger partial charge in [0.1, 0.15) is 11.5 Å². The maximum atomic E-state index is 12.9. The molecule has 1 aliphatic heterocycles. The summed E-state index contributed by atoms with van der Waals surface area (Å²) in [4.78, 5) is 25.2. The Hall–Kier alpha value is -4.61. The number of alkyl halides is 3. The summed E-state index contributed by atoms with van der Waals surface area (Å²) < 4.78 is 41.0. The summed E-state index contributed by atoms with van der Waals surface area (Å²) in [5.74, 6) is -2.45. The first kappa shape index (κ1) is 24.5. The zero-order valence-corrected chi connectivity index (χ0v) is 18.7. The molecule has 2 aromatic carbocycles. The number of carbonyl (C=O) groups excluding carboxylic acids is 1. The van der Waals surface area contributed by atoms with E-state index < -0.39 is 29.5 Å². The van der Waals surface area contributed by atoms with Gasteiger partial charge in [-0.05, 0) is 48.9 Å². The molecule has 3 N–H and O–H groups in total. The third-order valence-corrected chi connectivity index (χ3v) is 5.45. The van der Waals surface area contributed by atoms with Crippen molar-refractivity contribution in [2.24, 2.45) is 10.2 Å². The standard InChI is InChI=1S/C24H19F3N4O5/c1-14-20(21(33)31(29-14)16-8-10-17(11-9-16)36-24(25,26)27)28-30-23(22(34)35)12-4-5-15(13-23)18-6-2-3-7-19(18)32/h2-12,30,32H,13H2,1H3,(H,34,35)/b28-20-. The summed E-state index contributed by atoms with van der Waals surface area (Å²) in [6.45, 7) is 1.48. The number of allylic oxidation sites excluding steroid dienone is 2. The summed E-state index contributed by atoms with van der Waals surface area (Å²) in [7, 11) is 0. The SMILES string of the molecule is CC1=NN(c2ccc(OC(F)(F)F)cc2)C(=O)/C1=N\NC1(C(=O)O)C=CC=C(c2ccccc2O)C1. The number of carbonyl (C=O) groups is 2. The number of hydrogen-bond acceptors (Lipinski definition) is 7. The van der Waals surface area contributed by atoms with Crippen LogP contribution >= 0.6 is 0 Å². The number of halogens is 3. The number of para-hydroxylation sites is 1. The zero-order valence-electron chi connectivity index (χ0n) is 18.7. The molecule has 1 amide bonds. The van der Waals surface area contributed by atoms with E-state index in [0.717, 1.165) is 17.1 Å². The number of nitrogens with one attached hydrogen (secondary N) is 1. The van der Waals surface area contributed by atoms with Gasteiger partial charge in [0, 0.05) is 12.0 Å². The number of rotatable bonds is 6. The van der Waals surface area contributed by atoms with E-state index >= 15 is 0 Å². The van der Waals surface area contributed by atoms with Gasteiger partial charge in [0.05, 0.1) is 11.4 Å². The molecule has 1 unspecified atom stereocenters. The molecule has 0 aromatic heterocycles. The molecule has 0 bridgehead atoms. The number of carboxylic acids is 1. The molecule has 0 spiro atoms. The fourth-order valence-electron chi connectivity index (χ4n) is 3.69. The van der Waals surface area contributed by atoms with Crippen LogP contribution < -0.4 is 15.2 Å². The van der Waals surface area contributed by atoms with Crippen LogP contribution in [0, 0.1) is 0 Å². The van der Waals surface area contributed by atoms with Gasteiger partial charge in [-0.1, -0.05) is 30.4 Å². The molecule has 4 rings (SSSR count). The van der Waals surface area contributed by atoms with E-state index in [4.69, 9.17) is 0 Å². The lowest BCUT2D eigenvalue weighted by atomic mass is 9.84. The first-order chi connectivity index (χ1) is 17.0. The number of benzene rings is 2. The summed E-state index contributed by atoms with van der Waals surface area (Å²) in [5.41, 5.74) is 2.01. The average Bonchev–Trinajstić information content (AvgIpc) is 3.10. The van der Waals surface area contributed by atoms with Crippen LogP contribution in [0.15, 0.2) is 77.0 Å². The van der Waals surface area contributed by atoms with Crippen LogP contribution in [0.25, 0.3) is 5.57 Å². The molecule has 1 heterocycles. The minimum absolute atomic E-state index is 0.0131. The molecule has 0 saturated heterocycles. The number of ether oxygens (including phenoxy) is 1. The van der Waals surface area contributed by atoms with Gasteiger partial charge in [-0.2, -0.15) is 15.2 Å². The third kappa shape index (κ3) is 4.92. The van der Waals surface area contributed by atoms with E-state index in [1.807, 2.05) is 0 Å². The second kappa shape index (κ2) is 9.21. The molecule has 0 radical (unpaired) electrons. The summed E-state index contributed by atoms with van der Waals surface area (Å²) in [6.07, 6.45) is -0.367. The summed E-state index contributed by atoms with van der Waals surface area (Å²) >= 11 is 0. The molecule has 0 fully saturated rings. The van der Waals surface area contributed by atoms with Crippen LogP contribution in [-0.2, 0) is 9.59 Å². The fourth-order valence-corrected chi connectivity index (χ4v) is 3.69. The topological polar surface area (TPSA) is 124 Å². The molecule has 1 atom stereocenters. The van der Waals surface area contributed by atoms with E-state index in [-0.39, 0.29) is 29.3 Å². The molecule has 2 aliphatic rings. The van der Waals surface area contributed by atoms with E-state index in [9.17, 15) is 33.0 Å². The number of hydrogen-bond donors (Lipinski definition) is 3. The lowest BCUT2D eigenvalue weighted by Gasteiger charge is -2.29. The monoisotopic (exact) mass is 500 g/mol. The van der Waals surface area contributed by atoms with Crippen molar-refractivity contribution in [2.75, 3.05) is 5.01 Å². The largest absolute Gasteiger partial charge is 0.573 e. The van der Waals surface area contributed by atoms with Crippen molar-refractivity contribution in [3.63, 3.8) is 0 Å². The minimum atomic E-state index is -4.85. The molecule has 1 aliphatic carbocycles. The number of nitrogens with zero attached hydrogens (tertiary/aromatic N) is 3. The predicted octanol–water partition coefficient (Wildman–Crippen LogP) is 3.83. The van der Waals surface area contributed by atoms with Crippen LogP contribution in [-0.4, -0.2) is 45.4 Å². The van der Waals surface area contributed by atoms with Crippen LogP contribution in [0.5, 0.6) is 11.5 Å². The van der Waals surface area contributed by atoms with Crippen LogP contribution in [0.3, 0.4) is 0 Å². The Labute approximate surface area is 202 Å². The van der Waals surface area contributed by atoms with Crippen molar-refractivity contribution in [2.45, 2.75) is 25.2 Å². The van der Waals surface area contributed by atoms with Crippen molar-refractivity contribution in [3.8, 4) is 11.5 Å². The highest BCUT2D eigenvalue weighted by Gasteiger charge is 2.40. The lowest BCUT2D eigenvalue weighted by Crippen LogP contribution is -2.50. The number of hydrazone groups is 2. The van der Waals surface area contributed by atoms with E-state index in [1.54, 1.807) is 24.3 Å². The highest BCUT2D eigenvalue weighted by molar-refractivity contribution is 6.71. The average molecular weight is 500 g/mol.